The second-order valence-corrected chi connectivity index (χ2v) is 11.7. The van der Waals surface area contributed by atoms with Crippen molar-refractivity contribution in [1.29, 1.82) is 0 Å². The van der Waals surface area contributed by atoms with Crippen LogP contribution in [0.4, 0.5) is 23.0 Å². The molecule has 1 aliphatic heterocycles. The zero-order valence-corrected chi connectivity index (χ0v) is 22.1. The van der Waals surface area contributed by atoms with E-state index >= 15 is 0 Å². The maximum Gasteiger partial charge on any atom is 0.229 e. The van der Waals surface area contributed by atoms with Crippen molar-refractivity contribution in [1.82, 2.24) is 9.97 Å². The van der Waals surface area contributed by atoms with Gasteiger partial charge >= 0.3 is 0 Å². The van der Waals surface area contributed by atoms with Crippen molar-refractivity contribution >= 4 is 49.9 Å². The molecule has 1 aromatic heterocycles. The van der Waals surface area contributed by atoms with E-state index in [2.05, 4.69) is 44.0 Å². The summed E-state index contributed by atoms with van der Waals surface area (Å²) in [7, 11) is -3.32. The Hall–Kier alpha value is -3.11. The lowest BCUT2D eigenvalue weighted by atomic mass is 9.98. The lowest BCUT2D eigenvalue weighted by molar-refractivity contribution is -0.114. The molecule has 10 heteroatoms. The van der Waals surface area contributed by atoms with E-state index in [1.165, 1.54) is 11.8 Å². The average Bonchev–Trinajstić information content (AvgIpc) is 2.87. The lowest BCUT2D eigenvalue weighted by Gasteiger charge is -2.33. The summed E-state index contributed by atoms with van der Waals surface area (Å²) in [6.07, 6.45) is 5.65. The minimum atomic E-state index is -3.32. The fraction of sp³-hybridized carbons (Fsp3) is 0.346. The molecule has 0 spiro atoms. The first kappa shape index (κ1) is 26.0. The molecule has 2 N–H and O–H groups in total. The van der Waals surface area contributed by atoms with E-state index in [1.807, 2.05) is 30.3 Å². The minimum Gasteiger partial charge on any atom is -0.371 e. The van der Waals surface area contributed by atoms with Crippen molar-refractivity contribution in [3.8, 4) is 11.3 Å². The van der Waals surface area contributed by atoms with Gasteiger partial charge in [-0.3, -0.25) is 9.52 Å². The molecule has 8 nitrogen and oxygen atoms in total. The molecule has 0 amide bonds. The molecule has 190 valence electrons. The molecule has 1 fully saturated rings. The topological polar surface area (TPSA) is 104 Å². The molecule has 36 heavy (non-hydrogen) atoms. The Morgan fingerprint density at radius 1 is 1.03 bits per heavy atom. The van der Waals surface area contributed by atoms with Crippen molar-refractivity contribution in [2.45, 2.75) is 26.2 Å². The second kappa shape index (κ2) is 11.7. The number of carbonyl (C=O) groups excluding carboxylic acids is 1. The summed E-state index contributed by atoms with van der Waals surface area (Å²) in [5, 5.41) is 3.60. The highest BCUT2D eigenvalue weighted by Gasteiger charge is 2.25. The Balaban J connectivity index is 1.35. The summed E-state index contributed by atoms with van der Waals surface area (Å²) >= 11 is 1.48. The van der Waals surface area contributed by atoms with E-state index in [4.69, 9.17) is 0 Å². The number of anilines is 4. The van der Waals surface area contributed by atoms with E-state index in [-0.39, 0.29) is 5.92 Å². The maximum atomic E-state index is 12.3. The SMILES string of the molecule is CCCSC(=O)C1CCN(c2ccc(Nc3nccc(-c4ccc(NS(C)(=O)=O)cc4)n3)cc2)CC1. The van der Waals surface area contributed by atoms with Gasteiger partial charge in [-0.25, -0.2) is 18.4 Å². The van der Waals surface area contributed by atoms with Crippen molar-refractivity contribution in [2.75, 3.05) is 40.0 Å². The second-order valence-electron chi connectivity index (χ2n) is 8.82. The highest BCUT2D eigenvalue weighted by atomic mass is 32.2. The molecule has 1 saturated heterocycles. The number of carbonyl (C=O) groups is 1. The van der Waals surface area contributed by atoms with Gasteiger partial charge in [-0.2, -0.15) is 0 Å². The largest absolute Gasteiger partial charge is 0.371 e. The third-order valence-electron chi connectivity index (χ3n) is 5.90. The van der Waals surface area contributed by atoms with E-state index in [0.29, 0.717) is 16.8 Å². The molecular formula is C26H31N5O3S2. The molecule has 2 heterocycles. The maximum absolute atomic E-state index is 12.3. The van der Waals surface area contributed by atoms with Gasteiger partial charge in [0.25, 0.3) is 0 Å². The molecule has 0 unspecified atom stereocenters. The van der Waals surface area contributed by atoms with Crippen LogP contribution in [0.3, 0.4) is 0 Å². The standard InChI is InChI=1S/C26H31N5O3S2/c1-3-18-35-25(32)20-13-16-31(17-14-20)23-10-8-21(9-11-23)28-26-27-15-12-24(29-26)19-4-6-22(7-5-19)30-36(2,33)34/h4-12,15,20,30H,3,13-14,16-18H2,1-2H3,(H,27,28,29). The van der Waals surface area contributed by atoms with E-state index in [0.717, 1.165) is 67.0 Å². The number of hydrogen-bond acceptors (Lipinski definition) is 8. The predicted molar refractivity (Wildman–Crippen MR) is 148 cm³/mol. The Bertz CT molecular complexity index is 1270. The molecule has 0 radical (unpaired) electrons. The normalized spacial score (nSPS) is 14.4. The smallest absolute Gasteiger partial charge is 0.229 e. The van der Waals surface area contributed by atoms with Crippen molar-refractivity contribution in [3.05, 3.63) is 60.8 Å². The van der Waals surface area contributed by atoms with Gasteiger partial charge in [-0.05, 0) is 61.7 Å². The quantitative estimate of drug-likeness (QED) is 0.396. The number of piperidine rings is 1. The van der Waals surface area contributed by atoms with Crippen LogP contribution in [0, 0.1) is 5.92 Å². The fourth-order valence-corrected chi connectivity index (χ4v) is 5.52. The van der Waals surface area contributed by atoms with Gasteiger partial charge in [-0.15, -0.1) is 0 Å². The lowest BCUT2D eigenvalue weighted by Crippen LogP contribution is -2.35. The summed E-state index contributed by atoms with van der Waals surface area (Å²) in [5.41, 5.74) is 4.10. The van der Waals surface area contributed by atoms with Crippen molar-refractivity contribution < 1.29 is 13.2 Å². The molecule has 0 saturated carbocycles. The summed E-state index contributed by atoms with van der Waals surface area (Å²) < 4.78 is 25.3. The summed E-state index contributed by atoms with van der Waals surface area (Å²) in [6, 6.07) is 17.0. The van der Waals surface area contributed by atoms with Crippen LogP contribution in [-0.4, -0.2) is 48.6 Å². The number of benzene rings is 2. The number of sulfonamides is 1. The highest BCUT2D eigenvalue weighted by molar-refractivity contribution is 8.13. The molecule has 0 aliphatic carbocycles. The van der Waals surface area contributed by atoms with Crippen LogP contribution in [0.25, 0.3) is 11.3 Å². The van der Waals surface area contributed by atoms with Crippen molar-refractivity contribution in [2.24, 2.45) is 5.92 Å². The van der Waals surface area contributed by atoms with Crippen LogP contribution in [-0.2, 0) is 14.8 Å². The summed E-state index contributed by atoms with van der Waals surface area (Å²) in [5.74, 6) is 1.56. The minimum absolute atomic E-state index is 0.176. The first-order valence-corrected chi connectivity index (χ1v) is 14.9. The number of nitrogens with one attached hydrogen (secondary N) is 2. The number of rotatable bonds is 9. The zero-order chi connectivity index (χ0) is 25.5. The molecule has 3 aromatic rings. The highest BCUT2D eigenvalue weighted by Crippen LogP contribution is 2.28. The molecule has 0 atom stereocenters. The molecular weight excluding hydrogens is 494 g/mol. The van der Waals surface area contributed by atoms with Crippen LogP contribution in [0.5, 0.6) is 0 Å². The Labute approximate surface area is 217 Å². The first-order chi connectivity index (χ1) is 17.3. The van der Waals surface area contributed by atoms with Crippen LogP contribution in [0.2, 0.25) is 0 Å². The third kappa shape index (κ3) is 7.20. The summed E-state index contributed by atoms with van der Waals surface area (Å²) in [4.78, 5) is 23.6. The van der Waals surface area contributed by atoms with E-state index in [1.54, 1.807) is 18.3 Å². The zero-order valence-electron chi connectivity index (χ0n) is 20.5. The molecule has 0 bridgehead atoms. The van der Waals surface area contributed by atoms with Gasteiger partial charge in [-0.1, -0.05) is 30.8 Å². The molecule has 4 rings (SSSR count). The van der Waals surface area contributed by atoms with Crippen LogP contribution in [0.15, 0.2) is 60.8 Å². The monoisotopic (exact) mass is 525 g/mol. The Morgan fingerprint density at radius 2 is 1.69 bits per heavy atom. The Morgan fingerprint density at radius 3 is 2.33 bits per heavy atom. The van der Waals surface area contributed by atoms with Crippen molar-refractivity contribution in [3.63, 3.8) is 0 Å². The predicted octanol–water partition coefficient (Wildman–Crippen LogP) is 5.14. The number of nitrogens with zero attached hydrogens (tertiary/aromatic N) is 3. The molecule has 2 aromatic carbocycles. The van der Waals surface area contributed by atoms with Crippen LogP contribution < -0.4 is 14.9 Å². The van der Waals surface area contributed by atoms with Gasteiger partial charge < -0.3 is 10.2 Å². The van der Waals surface area contributed by atoms with Gasteiger partial charge in [0.2, 0.25) is 16.0 Å². The average molecular weight is 526 g/mol. The van der Waals surface area contributed by atoms with Gasteiger partial charge in [0.15, 0.2) is 5.12 Å². The molecule has 1 aliphatic rings. The van der Waals surface area contributed by atoms with E-state index < -0.39 is 10.0 Å². The van der Waals surface area contributed by atoms with E-state index in [9.17, 15) is 13.2 Å². The third-order valence-corrected chi connectivity index (χ3v) is 7.74. The first-order valence-electron chi connectivity index (χ1n) is 12.0. The summed E-state index contributed by atoms with van der Waals surface area (Å²) in [6.45, 7) is 3.88. The van der Waals surface area contributed by atoms with Gasteiger partial charge in [0.05, 0.1) is 11.9 Å². The number of thioether (sulfide) groups is 1. The Kier molecular flexibility index (Phi) is 8.48. The van der Waals surface area contributed by atoms with Crippen LogP contribution >= 0.6 is 11.8 Å². The number of aromatic nitrogens is 2. The van der Waals surface area contributed by atoms with Crippen LogP contribution in [0.1, 0.15) is 26.2 Å². The van der Waals surface area contributed by atoms with Gasteiger partial charge in [0.1, 0.15) is 0 Å². The fourth-order valence-electron chi connectivity index (χ4n) is 4.08. The van der Waals surface area contributed by atoms with Gasteiger partial charge in [0, 0.05) is 53.6 Å². The number of hydrogen-bond donors (Lipinski definition) is 2.